The van der Waals surface area contributed by atoms with Crippen molar-refractivity contribution in [3.8, 4) is 0 Å². The van der Waals surface area contributed by atoms with Gasteiger partial charge in [-0.15, -0.1) is 0 Å². The lowest BCUT2D eigenvalue weighted by molar-refractivity contribution is 0.390. The van der Waals surface area contributed by atoms with Crippen LogP contribution in [0.4, 0.5) is 0 Å². The van der Waals surface area contributed by atoms with Crippen molar-refractivity contribution in [1.29, 1.82) is 0 Å². The van der Waals surface area contributed by atoms with Gasteiger partial charge in [0.2, 0.25) is 10.0 Å². The minimum Gasteiger partial charge on any atom is -0.360 e. The molecule has 1 aromatic heterocycles. The van der Waals surface area contributed by atoms with Crippen LogP contribution >= 0.6 is 0 Å². The van der Waals surface area contributed by atoms with Crippen molar-refractivity contribution < 1.29 is 12.9 Å². The summed E-state index contributed by atoms with van der Waals surface area (Å²) >= 11 is 0. The van der Waals surface area contributed by atoms with Gasteiger partial charge in [0.15, 0.2) is 5.76 Å². The van der Waals surface area contributed by atoms with E-state index in [1.54, 1.807) is 13.8 Å². The molecule has 0 amide bonds. The third-order valence-electron chi connectivity index (χ3n) is 1.92. The molecule has 0 aliphatic heterocycles. The van der Waals surface area contributed by atoms with Crippen molar-refractivity contribution >= 4 is 10.0 Å². The number of hydrogen-bond acceptors (Lipinski definition) is 4. The Kier molecular flexibility index (Phi) is 3.51. The van der Waals surface area contributed by atoms with E-state index in [4.69, 9.17) is 4.52 Å². The average Bonchev–Trinajstić information content (AvgIpc) is 2.43. The monoisotopic (exact) mass is 232 g/mol. The first-order valence-corrected chi connectivity index (χ1v) is 6.25. The molecule has 0 bridgehead atoms. The fourth-order valence-corrected chi connectivity index (χ4v) is 2.75. The molecular formula is C9H16N2O3S. The van der Waals surface area contributed by atoms with E-state index in [2.05, 4.69) is 9.88 Å². The van der Waals surface area contributed by atoms with Gasteiger partial charge in [-0.1, -0.05) is 19.0 Å². The minimum atomic E-state index is -3.48. The molecule has 5 nitrogen and oxygen atoms in total. The Morgan fingerprint density at radius 2 is 2.00 bits per heavy atom. The molecule has 0 atom stereocenters. The summed E-state index contributed by atoms with van der Waals surface area (Å²) in [6.45, 7) is 7.49. The largest absolute Gasteiger partial charge is 0.360 e. The van der Waals surface area contributed by atoms with Crippen LogP contribution in [-0.4, -0.2) is 20.1 Å². The van der Waals surface area contributed by atoms with Gasteiger partial charge in [-0.3, -0.25) is 0 Å². The van der Waals surface area contributed by atoms with E-state index < -0.39 is 10.0 Å². The Labute approximate surface area is 89.9 Å². The molecule has 1 rings (SSSR count). The highest BCUT2D eigenvalue weighted by Crippen LogP contribution is 2.18. The molecule has 0 aromatic carbocycles. The van der Waals surface area contributed by atoms with Crippen molar-refractivity contribution in [2.24, 2.45) is 5.92 Å². The zero-order valence-electron chi connectivity index (χ0n) is 9.36. The molecule has 6 heteroatoms. The smallest absolute Gasteiger partial charge is 0.245 e. The molecule has 0 fully saturated rings. The van der Waals surface area contributed by atoms with E-state index in [0.29, 0.717) is 18.0 Å². The first kappa shape index (κ1) is 12.2. The third kappa shape index (κ3) is 2.79. The summed E-state index contributed by atoms with van der Waals surface area (Å²) < 4.78 is 31.0. The number of hydrogen-bond donors (Lipinski definition) is 1. The molecule has 86 valence electrons. The van der Waals surface area contributed by atoms with Gasteiger partial charge in [0.05, 0.1) is 0 Å². The molecule has 0 aliphatic rings. The van der Waals surface area contributed by atoms with Gasteiger partial charge in [-0.2, -0.15) is 0 Å². The lowest BCUT2D eigenvalue weighted by atomic mass is 10.2. The molecule has 0 saturated heterocycles. The van der Waals surface area contributed by atoms with Crippen LogP contribution in [0.25, 0.3) is 0 Å². The van der Waals surface area contributed by atoms with E-state index in [1.807, 2.05) is 13.8 Å². The van der Waals surface area contributed by atoms with E-state index in [9.17, 15) is 8.42 Å². The molecule has 0 unspecified atom stereocenters. The van der Waals surface area contributed by atoms with Crippen molar-refractivity contribution in [1.82, 2.24) is 9.88 Å². The minimum absolute atomic E-state index is 0.156. The maximum absolute atomic E-state index is 11.8. The maximum atomic E-state index is 11.8. The SMILES string of the molecule is Cc1noc(C)c1S(=O)(=O)NCC(C)C. The van der Waals surface area contributed by atoms with Gasteiger partial charge < -0.3 is 4.52 Å². The van der Waals surface area contributed by atoms with Crippen LogP contribution in [0.1, 0.15) is 25.3 Å². The highest BCUT2D eigenvalue weighted by molar-refractivity contribution is 7.89. The summed E-state index contributed by atoms with van der Waals surface area (Å²) in [4.78, 5) is 0.156. The Morgan fingerprint density at radius 1 is 1.40 bits per heavy atom. The van der Waals surface area contributed by atoms with Gasteiger partial charge in [-0.25, -0.2) is 13.1 Å². The molecule has 1 N–H and O–H groups in total. The molecule has 0 saturated carbocycles. The van der Waals surface area contributed by atoms with E-state index in [-0.39, 0.29) is 10.8 Å². The van der Waals surface area contributed by atoms with Crippen LogP contribution in [-0.2, 0) is 10.0 Å². The Hall–Kier alpha value is -0.880. The van der Waals surface area contributed by atoms with Crippen molar-refractivity contribution in [2.75, 3.05) is 6.54 Å². The number of nitrogens with one attached hydrogen (secondary N) is 1. The number of sulfonamides is 1. The summed E-state index contributed by atoms with van der Waals surface area (Å²) in [5.41, 5.74) is 0.392. The quantitative estimate of drug-likeness (QED) is 0.847. The van der Waals surface area contributed by atoms with Crippen LogP contribution in [0, 0.1) is 19.8 Å². The van der Waals surface area contributed by atoms with Gasteiger partial charge in [0.1, 0.15) is 10.6 Å². The Morgan fingerprint density at radius 3 is 2.40 bits per heavy atom. The first-order chi connectivity index (χ1) is 6.84. The molecule has 0 aliphatic carbocycles. The summed E-state index contributed by atoms with van der Waals surface area (Å²) in [5.74, 6) is 0.587. The Bertz CT molecular complexity index is 415. The molecule has 1 heterocycles. The van der Waals surface area contributed by atoms with Crippen molar-refractivity contribution in [3.63, 3.8) is 0 Å². The topological polar surface area (TPSA) is 72.2 Å². The fourth-order valence-electron chi connectivity index (χ4n) is 1.21. The van der Waals surface area contributed by atoms with E-state index in [0.717, 1.165) is 0 Å². The van der Waals surface area contributed by atoms with Gasteiger partial charge in [-0.05, 0) is 19.8 Å². The normalized spacial score (nSPS) is 12.3. The number of rotatable bonds is 4. The zero-order chi connectivity index (χ0) is 11.6. The average molecular weight is 232 g/mol. The predicted octanol–water partition coefficient (Wildman–Crippen LogP) is 1.23. The van der Waals surface area contributed by atoms with Crippen LogP contribution in [0.15, 0.2) is 9.42 Å². The number of aryl methyl sites for hydroxylation is 2. The summed E-state index contributed by atoms with van der Waals surface area (Å²) in [5, 5.41) is 3.62. The summed E-state index contributed by atoms with van der Waals surface area (Å²) in [6, 6.07) is 0. The fraction of sp³-hybridized carbons (Fsp3) is 0.667. The van der Waals surface area contributed by atoms with Gasteiger partial charge >= 0.3 is 0 Å². The van der Waals surface area contributed by atoms with Crippen LogP contribution < -0.4 is 4.72 Å². The lowest BCUT2D eigenvalue weighted by Crippen LogP contribution is -2.28. The maximum Gasteiger partial charge on any atom is 0.245 e. The zero-order valence-corrected chi connectivity index (χ0v) is 10.2. The second-order valence-electron chi connectivity index (χ2n) is 3.90. The highest BCUT2D eigenvalue weighted by Gasteiger charge is 2.23. The number of aromatic nitrogens is 1. The second-order valence-corrected chi connectivity index (χ2v) is 5.60. The van der Waals surface area contributed by atoms with Crippen LogP contribution in [0.5, 0.6) is 0 Å². The number of nitrogens with zero attached hydrogens (tertiary/aromatic N) is 1. The van der Waals surface area contributed by atoms with Crippen LogP contribution in [0.2, 0.25) is 0 Å². The van der Waals surface area contributed by atoms with E-state index in [1.165, 1.54) is 0 Å². The van der Waals surface area contributed by atoms with Crippen molar-refractivity contribution in [2.45, 2.75) is 32.6 Å². The molecular weight excluding hydrogens is 216 g/mol. The lowest BCUT2D eigenvalue weighted by Gasteiger charge is -2.07. The summed E-state index contributed by atoms with van der Waals surface area (Å²) in [6.07, 6.45) is 0. The predicted molar refractivity (Wildman–Crippen MR) is 56.0 cm³/mol. The molecule has 15 heavy (non-hydrogen) atoms. The highest BCUT2D eigenvalue weighted by atomic mass is 32.2. The van der Waals surface area contributed by atoms with Gasteiger partial charge in [0.25, 0.3) is 0 Å². The second kappa shape index (κ2) is 4.32. The summed E-state index contributed by atoms with van der Waals surface area (Å²) in [7, 11) is -3.48. The molecule has 0 spiro atoms. The first-order valence-electron chi connectivity index (χ1n) is 4.77. The van der Waals surface area contributed by atoms with E-state index >= 15 is 0 Å². The molecule has 1 aromatic rings. The van der Waals surface area contributed by atoms with Gasteiger partial charge in [0, 0.05) is 6.54 Å². The Balaban J connectivity index is 2.96. The molecule has 0 radical (unpaired) electrons. The van der Waals surface area contributed by atoms with Crippen LogP contribution in [0.3, 0.4) is 0 Å². The standard InChI is InChI=1S/C9H16N2O3S/c1-6(2)5-10-15(12,13)9-7(3)11-14-8(9)4/h6,10H,5H2,1-4H3. The third-order valence-corrected chi connectivity index (χ3v) is 3.59. The van der Waals surface area contributed by atoms with Crippen molar-refractivity contribution in [3.05, 3.63) is 11.5 Å².